The molecule has 0 aromatic carbocycles. The second kappa shape index (κ2) is 6.87. The predicted octanol–water partition coefficient (Wildman–Crippen LogP) is 0.767. The Balaban J connectivity index is 1.56. The Morgan fingerprint density at radius 3 is 2.96 bits per heavy atom. The van der Waals surface area contributed by atoms with Crippen molar-refractivity contribution < 1.29 is 18.8 Å². The average molecular weight is 348 g/mol. The molecule has 4 amide bonds. The summed E-state index contributed by atoms with van der Waals surface area (Å²) >= 11 is 0. The molecule has 2 saturated heterocycles. The van der Waals surface area contributed by atoms with Gasteiger partial charge in [0.15, 0.2) is 0 Å². The van der Waals surface area contributed by atoms with E-state index in [9.17, 15) is 14.4 Å². The van der Waals surface area contributed by atoms with Gasteiger partial charge in [0.1, 0.15) is 11.3 Å². The Bertz CT molecular complexity index is 660. The van der Waals surface area contributed by atoms with Crippen LogP contribution in [0.3, 0.4) is 0 Å². The molecule has 3 atom stereocenters. The molecule has 0 spiro atoms. The van der Waals surface area contributed by atoms with Crippen LogP contribution in [0.25, 0.3) is 0 Å². The van der Waals surface area contributed by atoms with E-state index in [2.05, 4.69) is 16.0 Å². The fourth-order valence-corrected chi connectivity index (χ4v) is 3.61. The van der Waals surface area contributed by atoms with Gasteiger partial charge >= 0.3 is 6.03 Å². The number of rotatable bonds is 5. The summed E-state index contributed by atoms with van der Waals surface area (Å²) in [7, 11) is 0. The number of nitrogens with one attached hydrogen (secondary N) is 3. The van der Waals surface area contributed by atoms with E-state index in [4.69, 9.17) is 4.42 Å². The molecule has 0 radical (unpaired) electrons. The van der Waals surface area contributed by atoms with Crippen LogP contribution in [0.5, 0.6) is 0 Å². The molecule has 0 saturated carbocycles. The molecule has 0 unspecified atom stereocenters. The van der Waals surface area contributed by atoms with Crippen molar-refractivity contribution in [1.29, 1.82) is 0 Å². The lowest BCUT2D eigenvalue weighted by Crippen LogP contribution is -2.56. The van der Waals surface area contributed by atoms with Crippen molar-refractivity contribution in [3.05, 3.63) is 24.2 Å². The van der Waals surface area contributed by atoms with Crippen LogP contribution in [-0.2, 0) is 9.59 Å². The number of urea groups is 1. The molecule has 25 heavy (non-hydrogen) atoms. The largest absolute Gasteiger partial charge is 0.467 e. The quantitative estimate of drug-likeness (QED) is 0.682. The number of imide groups is 1. The number of nitrogens with zero attached hydrogens (tertiary/aromatic N) is 1. The molecule has 3 N–H and O–H groups in total. The Labute approximate surface area is 146 Å². The van der Waals surface area contributed by atoms with Crippen LogP contribution in [0.15, 0.2) is 22.8 Å². The molecule has 2 aliphatic heterocycles. The van der Waals surface area contributed by atoms with Crippen LogP contribution in [-0.4, -0.2) is 47.9 Å². The molecule has 3 heterocycles. The van der Waals surface area contributed by atoms with Gasteiger partial charge in [-0.2, -0.15) is 0 Å². The monoisotopic (exact) mass is 348 g/mol. The number of hydrogen-bond acceptors (Lipinski definition) is 5. The number of piperidine rings is 1. The first kappa shape index (κ1) is 17.5. The van der Waals surface area contributed by atoms with Crippen molar-refractivity contribution in [1.82, 2.24) is 20.9 Å². The number of hydrogen-bond donors (Lipinski definition) is 3. The molecule has 3 rings (SSSR count). The lowest BCUT2D eigenvalue weighted by molar-refractivity contribution is -0.126. The third-order valence-corrected chi connectivity index (χ3v) is 5.11. The smallest absolute Gasteiger partial charge is 0.322 e. The maximum Gasteiger partial charge on any atom is 0.322 e. The molecule has 2 aliphatic rings. The summed E-state index contributed by atoms with van der Waals surface area (Å²) in [5.41, 5.74) is -0.909. The van der Waals surface area contributed by atoms with Crippen LogP contribution in [0, 0.1) is 5.92 Å². The van der Waals surface area contributed by atoms with Gasteiger partial charge < -0.3 is 15.1 Å². The van der Waals surface area contributed by atoms with Gasteiger partial charge in [-0.25, -0.2) is 4.79 Å². The highest BCUT2D eigenvalue weighted by Gasteiger charge is 2.48. The number of carbonyl (C=O) groups is 3. The summed E-state index contributed by atoms with van der Waals surface area (Å²) in [4.78, 5) is 37.9. The first-order valence-electron chi connectivity index (χ1n) is 8.57. The minimum absolute atomic E-state index is 0.0250. The van der Waals surface area contributed by atoms with Gasteiger partial charge in [-0.05, 0) is 45.4 Å². The van der Waals surface area contributed by atoms with Crippen molar-refractivity contribution in [3.8, 4) is 0 Å². The molecule has 0 bridgehead atoms. The minimum Gasteiger partial charge on any atom is -0.467 e. The van der Waals surface area contributed by atoms with E-state index >= 15 is 0 Å². The van der Waals surface area contributed by atoms with Crippen molar-refractivity contribution in [2.75, 3.05) is 19.6 Å². The van der Waals surface area contributed by atoms with E-state index < -0.39 is 11.6 Å². The van der Waals surface area contributed by atoms with E-state index in [1.807, 2.05) is 17.9 Å². The first-order valence-corrected chi connectivity index (χ1v) is 8.57. The zero-order valence-corrected chi connectivity index (χ0v) is 14.5. The van der Waals surface area contributed by atoms with Gasteiger partial charge in [-0.1, -0.05) is 0 Å². The Hall–Kier alpha value is -2.35. The zero-order chi connectivity index (χ0) is 18.0. The van der Waals surface area contributed by atoms with Crippen molar-refractivity contribution in [2.45, 2.75) is 38.3 Å². The van der Waals surface area contributed by atoms with Crippen molar-refractivity contribution in [2.24, 2.45) is 5.92 Å². The second-order valence-corrected chi connectivity index (χ2v) is 6.99. The predicted molar refractivity (Wildman–Crippen MR) is 89.5 cm³/mol. The first-order chi connectivity index (χ1) is 11.9. The molecular formula is C17H24N4O4. The van der Waals surface area contributed by atoms with Crippen molar-refractivity contribution in [3.63, 3.8) is 0 Å². The molecule has 2 fully saturated rings. The Kier molecular flexibility index (Phi) is 4.80. The molecule has 0 aliphatic carbocycles. The Morgan fingerprint density at radius 2 is 2.32 bits per heavy atom. The maximum absolute atomic E-state index is 12.3. The highest BCUT2D eigenvalue weighted by atomic mass is 16.3. The van der Waals surface area contributed by atoms with Gasteiger partial charge in [-0.3, -0.25) is 19.8 Å². The van der Waals surface area contributed by atoms with Crippen LogP contribution in [0.2, 0.25) is 0 Å². The molecule has 1 aromatic rings. The summed E-state index contributed by atoms with van der Waals surface area (Å²) in [5, 5.41) is 7.96. The molecular weight excluding hydrogens is 324 g/mol. The van der Waals surface area contributed by atoms with Crippen LogP contribution >= 0.6 is 0 Å². The van der Waals surface area contributed by atoms with E-state index in [0.29, 0.717) is 12.3 Å². The summed E-state index contributed by atoms with van der Waals surface area (Å²) in [6.45, 7) is 5.26. The van der Waals surface area contributed by atoms with E-state index in [1.54, 1.807) is 19.3 Å². The fourth-order valence-electron chi connectivity index (χ4n) is 3.61. The van der Waals surface area contributed by atoms with Crippen molar-refractivity contribution >= 4 is 17.8 Å². The maximum atomic E-state index is 12.3. The normalized spacial score (nSPS) is 28.3. The van der Waals surface area contributed by atoms with Gasteiger partial charge in [0, 0.05) is 12.5 Å². The lowest BCUT2D eigenvalue weighted by Gasteiger charge is -2.39. The van der Waals surface area contributed by atoms with Gasteiger partial charge in [0.2, 0.25) is 5.91 Å². The number of carbonyl (C=O) groups excluding carboxylic acids is 3. The summed E-state index contributed by atoms with van der Waals surface area (Å²) < 4.78 is 5.29. The zero-order valence-electron chi connectivity index (χ0n) is 14.5. The van der Waals surface area contributed by atoms with Crippen LogP contribution in [0.1, 0.15) is 38.5 Å². The Morgan fingerprint density at radius 1 is 1.52 bits per heavy atom. The van der Waals surface area contributed by atoms with Gasteiger partial charge in [-0.15, -0.1) is 0 Å². The molecule has 8 nitrogen and oxygen atoms in total. The van der Waals surface area contributed by atoms with E-state index in [-0.39, 0.29) is 30.3 Å². The highest BCUT2D eigenvalue weighted by Crippen LogP contribution is 2.29. The van der Waals surface area contributed by atoms with Crippen LogP contribution < -0.4 is 16.0 Å². The minimum atomic E-state index is -0.909. The number of likely N-dealkylation sites (tertiary alicyclic amines) is 1. The standard InChI is InChI=1S/C17H24N4O4/c1-11(13-6-4-8-25-13)18-14(22)10-21-7-3-5-12(9-21)17(2)15(23)19-16(24)20-17/h4,6,8,11-12H,3,5,7,9-10H2,1-2H3,(H,18,22)(H2,19,20,23,24)/t11-,12+,17-/m0/s1. The number of furan rings is 1. The number of amides is 4. The topological polar surface area (TPSA) is 104 Å². The molecule has 8 heteroatoms. The molecule has 136 valence electrons. The van der Waals surface area contributed by atoms with E-state index in [1.165, 1.54) is 0 Å². The second-order valence-electron chi connectivity index (χ2n) is 6.99. The SMILES string of the molecule is C[C@H](NC(=O)CN1CCC[C@@H]([C@]2(C)NC(=O)NC2=O)C1)c1ccco1. The summed E-state index contributed by atoms with van der Waals surface area (Å²) in [6, 6.07) is 2.97. The third kappa shape index (κ3) is 3.68. The third-order valence-electron chi connectivity index (χ3n) is 5.11. The van der Waals surface area contributed by atoms with Gasteiger partial charge in [0.25, 0.3) is 5.91 Å². The fraction of sp³-hybridized carbons (Fsp3) is 0.588. The molecule has 1 aromatic heterocycles. The van der Waals surface area contributed by atoms with Crippen LogP contribution in [0.4, 0.5) is 4.79 Å². The lowest BCUT2D eigenvalue weighted by atomic mass is 9.80. The highest BCUT2D eigenvalue weighted by molar-refractivity contribution is 6.07. The average Bonchev–Trinajstić information content (AvgIpc) is 3.17. The van der Waals surface area contributed by atoms with E-state index in [0.717, 1.165) is 19.4 Å². The van der Waals surface area contributed by atoms with Gasteiger partial charge in [0.05, 0.1) is 18.8 Å². The summed E-state index contributed by atoms with van der Waals surface area (Å²) in [6.07, 6.45) is 3.30. The summed E-state index contributed by atoms with van der Waals surface area (Å²) in [5.74, 6) is 0.306.